The lowest BCUT2D eigenvalue weighted by Gasteiger charge is -2.07. The van der Waals surface area contributed by atoms with Crippen LogP contribution in [0, 0.1) is 0 Å². The van der Waals surface area contributed by atoms with E-state index in [1.165, 1.54) is 0 Å². The largest absolute Gasteiger partial charge is 0.465 e. The standard InChI is InChI=1S/C12H18N2O4/c1-3-7-16-8-9-13-10(18-14-9)12(5-6-12)11(15)17-4-2/h3-8H2,1-2H3. The molecule has 0 radical (unpaired) electrons. The van der Waals surface area contributed by atoms with Crippen molar-refractivity contribution in [2.24, 2.45) is 0 Å². The quantitative estimate of drug-likeness (QED) is 0.543. The highest BCUT2D eigenvalue weighted by Crippen LogP contribution is 2.48. The van der Waals surface area contributed by atoms with Gasteiger partial charge in [0.1, 0.15) is 12.0 Å². The highest BCUT2D eigenvalue weighted by Gasteiger charge is 2.57. The number of carbonyl (C=O) groups is 1. The lowest BCUT2D eigenvalue weighted by molar-refractivity contribution is -0.146. The molecule has 18 heavy (non-hydrogen) atoms. The summed E-state index contributed by atoms with van der Waals surface area (Å²) >= 11 is 0. The average Bonchev–Trinajstić information content (AvgIpc) is 3.05. The van der Waals surface area contributed by atoms with Gasteiger partial charge < -0.3 is 14.0 Å². The van der Waals surface area contributed by atoms with Crippen LogP contribution < -0.4 is 0 Å². The van der Waals surface area contributed by atoms with Gasteiger partial charge in [-0.2, -0.15) is 4.98 Å². The molecule has 0 atom stereocenters. The van der Waals surface area contributed by atoms with E-state index in [-0.39, 0.29) is 5.97 Å². The van der Waals surface area contributed by atoms with E-state index in [1.54, 1.807) is 6.92 Å². The normalized spacial score (nSPS) is 16.6. The number of hydrogen-bond donors (Lipinski definition) is 0. The summed E-state index contributed by atoms with van der Waals surface area (Å²) in [7, 11) is 0. The molecule has 1 aromatic rings. The zero-order valence-electron chi connectivity index (χ0n) is 10.8. The van der Waals surface area contributed by atoms with E-state index in [2.05, 4.69) is 10.1 Å². The topological polar surface area (TPSA) is 74.5 Å². The van der Waals surface area contributed by atoms with Gasteiger partial charge in [-0.1, -0.05) is 12.1 Å². The highest BCUT2D eigenvalue weighted by atomic mass is 16.5. The van der Waals surface area contributed by atoms with Crippen LogP contribution in [-0.4, -0.2) is 29.3 Å². The molecule has 1 aromatic heterocycles. The first-order valence-corrected chi connectivity index (χ1v) is 6.31. The Balaban J connectivity index is 1.99. The van der Waals surface area contributed by atoms with Gasteiger partial charge in [-0.05, 0) is 26.2 Å². The predicted molar refractivity (Wildman–Crippen MR) is 61.8 cm³/mol. The molecule has 0 bridgehead atoms. The zero-order valence-corrected chi connectivity index (χ0v) is 10.8. The van der Waals surface area contributed by atoms with E-state index in [4.69, 9.17) is 14.0 Å². The molecule has 1 aliphatic carbocycles. The number of esters is 1. The van der Waals surface area contributed by atoms with Crippen molar-refractivity contribution in [2.75, 3.05) is 13.2 Å². The Hall–Kier alpha value is -1.43. The van der Waals surface area contributed by atoms with E-state index in [1.807, 2.05) is 6.92 Å². The molecule has 0 spiro atoms. The van der Waals surface area contributed by atoms with Gasteiger partial charge in [0.25, 0.3) is 0 Å². The van der Waals surface area contributed by atoms with Crippen molar-refractivity contribution < 1.29 is 18.8 Å². The summed E-state index contributed by atoms with van der Waals surface area (Å²) < 4.78 is 15.5. The summed E-state index contributed by atoms with van der Waals surface area (Å²) in [6.45, 7) is 5.15. The van der Waals surface area contributed by atoms with Crippen molar-refractivity contribution in [2.45, 2.75) is 45.1 Å². The van der Waals surface area contributed by atoms with Gasteiger partial charge in [-0.15, -0.1) is 0 Å². The van der Waals surface area contributed by atoms with E-state index >= 15 is 0 Å². The second kappa shape index (κ2) is 5.48. The number of ether oxygens (including phenoxy) is 2. The molecule has 0 N–H and O–H groups in total. The first-order chi connectivity index (χ1) is 8.73. The Labute approximate surface area is 106 Å². The van der Waals surface area contributed by atoms with Crippen molar-refractivity contribution in [3.8, 4) is 0 Å². The lowest BCUT2D eigenvalue weighted by Crippen LogP contribution is -2.23. The molecule has 0 unspecified atom stereocenters. The second-order valence-electron chi connectivity index (χ2n) is 4.37. The van der Waals surface area contributed by atoms with Crippen LogP contribution in [0.2, 0.25) is 0 Å². The molecule has 100 valence electrons. The van der Waals surface area contributed by atoms with Crippen molar-refractivity contribution in [1.29, 1.82) is 0 Å². The van der Waals surface area contributed by atoms with E-state index in [0.717, 1.165) is 6.42 Å². The van der Waals surface area contributed by atoms with Crippen molar-refractivity contribution in [3.05, 3.63) is 11.7 Å². The Morgan fingerprint density at radius 3 is 2.83 bits per heavy atom. The van der Waals surface area contributed by atoms with Crippen LogP contribution in [-0.2, 0) is 26.3 Å². The number of hydrogen-bond acceptors (Lipinski definition) is 6. The van der Waals surface area contributed by atoms with Crippen LogP contribution in [0.25, 0.3) is 0 Å². The average molecular weight is 254 g/mol. The molecule has 1 heterocycles. The third kappa shape index (κ3) is 2.53. The van der Waals surface area contributed by atoms with Gasteiger partial charge in [-0.3, -0.25) is 4.79 Å². The molecule has 0 saturated heterocycles. The summed E-state index contributed by atoms with van der Waals surface area (Å²) in [6.07, 6.45) is 2.37. The minimum absolute atomic E-state index is 0.269. The van der Waals surface area contributed by atoms with Crippen LogP contribution in [0.15, 0.2) is 4.52 Å². The first kappa shape index (κ1) is 13.0. The molecule has 6 nitrogen and oxygen atoms in total. The van der Waals surface area contributed by atoms with Crippen LogP contribution >= 0.6 is 0 Å². The molecule has 1 aliphatic rings. The molecular formula is C12H18N2O4. The molecule has 0 aromatic carbocycles. The summed E-state index contributed by atoms with van der Waals surface area (Å²) in [4.78, 5) is 16.0. The monoisotopic (exact) mass is 254 g/mol. The molecule has 2 rings (SSSR count). The lowest BCUT2D eigenvalue weighted by atomic mass is 10.1. The number of carbonyl (C=O) groups excluding carboxylic acids is 1. The van der Waals surface area contributed by atoms with Gasteiger partial charge in [0.15, 0.2) is 5.82 Å². The molecule has 1 saturated carbocycles. The maximum Gasteiger partial charge on any atom is 0.321 e. The van der Waals surface area contributed by atoms with Crippen LogP contribution in [0.1, 0.15) is 44.8 Å². The first-order valence-electron chi connectivity index (χ1n) is 6.31. The number of nitrogens with zero attached hydrogens (tertiary/aromatic N) is 2. The predicted octanol–water partition coefficient (Wildman–Crippen LogP) is 1.59. The molecule has 1 fully saturated rings. The highest BCUT2D eigenvalue weighted by molar-refractivity contribution is 5.85. The van der Waals surface area contributed by atoms with Gasteiger partial charge >= 0.3 is 5.97 Å². The fraction of sp³-hybridized carbons (Fsp3) is 0.750. The maximum atomic E-state index is 11.8. The summed E-state index contributed by atoms with van der Waals surface area (Å²) in [5, 5.41) is 3.82. The molecule has 6 heteroatoms. The minimum Gasteiger partial charge on any atom is -0.465 e. The fourth-order valence-corrected chi connectivity index (χ4v) is 1.71. The van der Waals surface area contributed by atoms with Gasteiger partial charge in [0.2, 0.25) is 5.89 Å². The smallest absolute Gasteiger partial charge is 0.321 e. The van der Waals surface area contributed by atoms with Gasteiger partial charge in [0, 0.05) is 6.61 Å². The van der Waals surface area contributed by atoms with Crippen LogP contribution in [0.5, 0.6) is 0 Å². The van der Waals surface area contributed by atoms with E-state index < -0.39 is 5.41 Å². The zero-order chi connectivity index (χ0) is 13.0. The SMILES string of the molecule is CCCOCc1noc(C2(C(=O)OCC)CC2)n1. The second-order valence-corrected chi connectivity index (χ2v) is 4.37. The van der Waals surface area contributed by atoms with E-state index in [9.17, 15) is 4.79 Å². The Morgan fingerprint density at radius 2 is 2.22 bits per heavy atom. The summed E-state index contributed by atoms with van der Waals surface area (Å²) in [5.41, 5.74) is -0.688. The van der Waals surface area contributed by atoms with Crippen molar-refractivity contribution in [1.82, 2.24) is 10.1 Å². The Bertz CT molecular complexity index is 412. The van der Waals surface area contributed by atoms with Crippen LogP contribution in [0.4, 0.5) is 0 Å². The Morgan fingerprint density at radius 1 is 1.44 bits per heavy atom. The third-order valence-electron chi connectivity index (χ3n) is 2.87. The molecular weight excluding hydrogens is 236 g/mol. The summed E-state index contributed by atoms with van der Waals surface area (Å²) in [6, 6.07) is 0. The number of aromatic nitrogens is 2. The van der Waals surface area contributed by atoms with Gasteiger partial charge in [-0.25, -0.2) is 0 Å². The van der Waals surface area contributed by atoms with Crippen LogP contribution in [0.3, 0.4) is 0 Å². The maximum absolute atomic E-state index is 11.8. The van der Waals surface area contributed by atoms with Gasteiger partial charge in [0.05, 0.1) is 6.61 Å². The number of rotatable bonds is 7. The fourth-order valence-electron chi connectivity index (χ4n) is 1.71. The van der Waals surface area contributed by atoms with Crippen molar-refractivity contribution in [3.63, 3.8) is 0 Å². The Kier molecular flexibility index (Phi) is 3.96. The minimum atomic E-state index is -0.688. The third-order valence-corrected chi connectivity index (χ3v) is 2.87. The van der Waals surface area contributed by atoms with Crippen molar-refractivity contribution >= 4 is 5.97 Å². The summed E-state index contributed by atoms with van der Waals surface area (Å²) in [5.74, 6) is 0.569. The molecule has 0 amide bonds. The van der Waals surface area contributed by atoms with E-state index in [0.29, 0.717) is 44.4 Å². The molecule has 0 aliphatic heterocycles.